The topological polar surface area (TPSA) is 27.7 Å². The van der Waals surface area contributed by atoms with Crippen molar-refractivity contribution < 1.29 is 27.4 Å². The Balaban J connectivity index is 1.88. The van der Waals surface area contributed by atoms with Crippen molar-refractivity contribution in [1.82, 2.24) is 0 Å². The van der Waals surface area contributed by atoms with Gasteiger partial charge < -0.3 is 14.2 Å². The van der Waals surface area contributed by atoms with Crippen LogP contribution in [0.4, 0.5) is 13.2 Å². The van der Waals surface area contributed by atoms with Crippen LogP contribution >= 0.6 is 0 Å². The van der Waals surface area contributed by atoms with Gasteiger partial charge in [-0.3, -0.25) is 0 Å². The number of hydrogen-bond donors (Lipinski definition) is 0. The Labute approximate surface area is 150 Å². The maximum Gasteiger partial charge on any atom is 0.167 e. The smallest absolute Gasteiger partial charge is 0.167 e. The summed E-state index contributed by atoms with van der Waals surface area (Å²) in [5, 5.41) is 0. The molecule has 1 heterocycles. The number of benzene rings is 2. The molecule has 140 valence electrons. The van der Waals surface area contributed by atoms with Gasteiger partial charge in [0.2, 0.25) is 0 Å². The van der Waals surface area contributed by atoms with Crippen molar-refractivity contribution in [3.05, 3.63) is 53.3 Å². The lowest BCUT2D eigenvalue weighted by Crippen LogP contribution is -2.26. The summed E-state index contributed by atoms with van der Waals surface area (Å²) in [6, 6.07) is 7.02. The molecule has 0 aliphatic carbocycles. The fourth-order valence-corrected chi connectivity index (χ4v) is 3.22. The van der Waals surface area contributed by atoms with Crippen LogP contribution in [0, 0.1) is 17.5 Å². The third-order valence-electron chi connectivity index (χ3n) is 4.59. The van der Waals surface area contributed by atoms with Crippen LogP contribution in [0.1, 0.15) is 31.2 Å². The second-order valence-electron chi connectivity index (χ2n) is 6.18. The van der Waals surface area contributed by atoms with Crippen molar-refractivity contribution in [3.8, 4) is 16.9 Å². The first-order chi connectivity index (χ1) is 12.5. The normalized spacial score (nSPS) is 20.2. The van der Waals surface area contributed by atoms with Crippen molar-refractivity contribution >= 4 is 0 Å². The molecule has 3 rings (SSSR count). The standard InChI is InChI=1S/C20H21F3O3/c1-3-25-13-5-6-15(17(21)10-13)16-8-7-14(19(22)20(16)23)12-4-9-18(24-2)26-11-12/h5-8,10,12,18H,3-4,9,11H2,1-2H3. The van der Waals surface area contributed by atoms with Gasteiger partial charge in [-0.05, 0) is 37.5 Å². The highest BCUT2D eigenvalue weighted by molar-refractivity contribution is 5.66. The van der Waals surface area contributed by atoms with E-state index < -0.39 is 17.5 Å². The average molecular weight is 366 g/mol. The largest absolute Gasteiger partial charge is 0.494 e. The Bertz CT molecular complexity index is 771. The van der Waals surface area contributed by atoms with Gasteiger partial charge in [0.15, 0.2) is 17.9 Å². The third-order valence-corrected chi connectivity index (χ3v) is 4.59. The molecule has 3 nitrogen and oxygen atoms in total. The minimum absolute atomic E-state index is 0.00394. The molecule has 2 aromatic carbocycles. The molecule has 0 saturated carbocycles. The Morgan fingerprint density at radius 1 is 1.04 bits per heavy atom. The van der Waals surface area contributed by atoms with Gasteiger partial charge in [0.25, 0.3) is 0 Å². The first-order valence-corrected chi connectivity index (χ1v) is 8.60. The number of hydrogen-bond acceptors (Lipinski definition) is 3. The Kier molecular flexibility index (Phi) is 5.84. The molecule has 6 heteroatoms. The molecule has 1 aliphatic heterocycles. The number of halogens is 3. The minimum Gasteiger partial charge on any atom is -0.494 e. The van der Waals surface area contributed by atoms with Crippen LogP contribution in [-0.4, -0.2) is 26.6 Å². The van der Waals surface area contributed by atoms with Crippen molar-refractivity contribution in [2.24, 2.45) is 0 Å². The second-order valence-corrected chi connectivity index (χ2v) is 6.18. The van der Waals surface area contributed by atoms with E-state index in [0.29, 0.717) is 25.2 Å². The lowest BCUT2D eigenvalue weighted by Gasteiger charge is -2.28. The van der Waals surface area contributed by atoms with E-state index in [2.05, 4.69) is 0 Å². The lowest BCUT2D eigenvalue weighted by atomic mass is 9.90. The Morgan fingerprint density at radius 2 is 1.81 bits per heavy atom. The molecule has 2 atom stereocenters. The quantitative estimate of drug-likeness (QED) is 0.742. The molecule has 1 fully saturated rings. The van der Waals surface area contributed by atoms with Crippen LogP contribution in [0.15, 0.2) is 30.3 Å². The van der Waals surface area contributed by atoms with Crippen LogP contribution in [-0.2, 0) is 9.47 Å². The third kappa shape index (κ3) is 3.71. The maximum atomic E-state index is 14.6. The maximum absolute atomic E-state index is 14.6. The van der Waals surface area contributed by atoms with E-state index in [1.165, 1.54) is 30.3 Å². The zero-order valence-corrected chi connectivity index (χ0v) is 14.7. The minimum atomic E-state index is -1.06. The van der Waals surface area contributed by atoms with Gasteiger partial charge in [0.1, 0.15) is 11.6 Å². The highest BCUT2D eigenvalue weighted by Crippen LogP contribution is 2.35. The summed E-state index contributed by atoms with van der Waals surface area (Å²) < 4.78 is 59.4. The van der Waals surface area contributed by atoms with Gasteiger partial charge >= 0.3 is 0 Å². The van der Waals surface area contributed by atoms with Gasteiger partial charge in [-0.1, -0.05) is 12.1 Å². The highest BCUT2D eigenvalue weighted by Gasteiger charge is 2.27. The van der Waals surface area contributed by atoms with Gasteiger partial charge in [0.05, 0.1) is 13.2 Å². The zero-order chi connectivity index (χ0) is 18.7. The van der Waals surface area contributed by atoms with Gasteiger partial charge in [-0.25, -0.2) is 13.2 Å². The summed E-state index contributed by atoms with van der Waals surface area (Å²) in [4.78, 5) is 0. The Hall–Kier alpha value is -2.05. The lowest BCUT2D eigenvalue weighted by molar-refractivity contribution is -0.151. The number of ether oxygens (including phenoxy) is 3. The van der Waals surface area contributed by atoms with E-state index in [1.54, 1.807) is 14.0 Å². The fraction of sp³-hybridized carbons (Fsp3) is 0.400. The fourth-order valence-electron chi connectivity index (χ4n) is 3.22. The highest BCUT2D eigenvalue weighted by atomic mass is 19.2. The zero-order valence-electron chi connectivity index (χ0n) is 14.7. The van der Waals surface area contributed by atoms with Crippen LogP contribution in [0.2, 0.25) is 0 Å². The van der Waals surface area contributed by atoms with Crippen molar-refractivity contribution in [2.45, 2.75) is 32.0 Å². The number of rotatable bonds is 5. The molecule has 0 spiro atoms. The molecule has 26 heavy (non-hydrogen) atoms. The first-order valence-electron chi connectivity index (χ1n) is 8.60. The van der Waals surface area contributed by atoms with Crippen LogP contribution < -0.4 is 4.74 Å². The molecule has 2 unspecified atom stereocenters. The summed E-state index contributed by atoms with van der Waals surface area (Å²) >= 11 is 0. The molecule has 0 bridgehead atoms. The van der Waals surface area contributed by atoms with Gasteiger partial charge in [0, 0.05) is 30.2 Å². The summed E-state index contributed by atoms with van der Waals surface area (Å²) in [6.07, 6.45) is 0.930. The van der Waals surface area contributed by atoms with E-state index in [-0.39, 0.29) is 35.5 Å². The second kappa shape index (κ2) is 8.10. The first kappa shape index (κ1) is 18.7. The van der Waals surface area contributed by atoms with Gasteiger partial charge in [-0.15, -0.1) is 0 Å². The SMILES string of the molecule is CCOc1ccc(-c2ccc(C3CCC(OC)OC3)c(F)c2F)c(F)c1. The predicted molar refractivity (Wildman–Crippen MR) is 91.6 cm³/mol. The molecular formula is C20H21F3O3. The molecular weight excluding hydrogens is 345 g/mol. The monoisotopic (exact) mass is 366 g/mol. The molecule has 2 aromatic rings. The molecule has 0 N–H and O–H groups in total. The molecule has 0 aromatic heterocycles. The van der Waals surface area contributed by atoms with Crippen molar-refractivity contribution in [3.63, 3.8) is 0 Å². The average Bonchev–Trinajstić information content (AvgIpc) is 2.65. The van der Waals surface area contributed by atoms with Crippen molar-refractivity contribution in [2.75, 3.05) is 20.3 Å². The summed E-state index contributed by atoms with van der Waals surface area (Å²) in [5.41, 5.74) is 0.126. The Morgan fingerprint density at radius 3 is 2.42 bits per heavy atom. The van der Waals surface area contributed by atoms with E-state index in [4.69, 9.17) is 14.2 Å². The van der Waals surface area contributed by atoms with Crippen LogP contribution in [0.3, 0.4) is 0 Å². The molecule has 1 saturated heterocycles. The summed E-state index contributed by atoms with van der Waals surface area (Å²) in [7, 11) is 1.55. The molecule has 0 amide bonds. The predicted octanol–water partition coefficient (Wildman–Crippen LogP) is 5.04. The van der Waals surface area contributed by atoms with E-state index in [9.17, 15) is 13.2 Å². The summed E-state index contributed by atoms with van der Waals surface area (Å²) in [6.45, 7) is 2.43. The number of methoxy groups -OCH3 is 1. The molecule has 1 aliphatic rings. The summed E-state index contributed by atoms with van der Waals surface area (Å²) in [5.74, 6) is -2.58. The van der Waals surface area contributed by atoms with Crippen LogP contribution in [0.25, 0.3) is 11.1 Å². The van der Waals surface area contributed by atoms with Crippen LogP contribution in [0.5, 0.6) is 5.75 Å². The van der Waals surface area contributed by atoms with Crippen molar-refractivity contribution in [1.29, 1.82) is 0 Å². The van der Waals surface area contributed by atoms with E-state index >= 15 is 0 Å². The molecule has 0 radical (unpaired) electrons. The van der Waals surface area contributed by atoms with E-state index in [1.807, 2.05) is 0 Å². The van der Waals surface area contributed by atoms with Gasteiger partial charge in [-0.2, -0.15) is 0 Å². The van der Waals surface area contributed by atoms with E-state index in [0.717, 1.165) is 0 Å².